The van der Waals surface area contributed by atoms with E-state index in [1.165, 1.54) is 9.80 Å². The molecule has 0 aromatic rings. The van der Waals surface area contributed by atoms with Crippen molar-refractivity contribution in [1.29, 1.82) is 0 Å². The second-order valence-electron chi connectivity index (χ2n) is 5.23. The van der Waals surface area contributed by atoms with Crippen LogP contribution in [0.3, 0.4) is 0 Å². The van der Waals surface area contributed by atoms with Gasteiger partial charge in [0.25, 0.3) is 0 Å². The number of hydrogen-bond donors (Lipinski definition) is 2. The molecule has 0 spiro atoms. The minimum atomic E-state index is -0.972. The number of aliphatic carboxylic acids is 1. The summed E-state index contributed by atoms with van der Waals surface area (Å²) in [4.78, 5) is 36.6. The molecule has 19 heavy (non-hydrogen) atoms. The zero-order valence-electron chi connectivity index (χ0n) is 12.0. The first kappa shape index (κ1) is 17.2. The van der Waals surface area contributed by atoms with Gasteiger partial charge in [0, 0.05) is 18.6 Å². The van der Waals surface area contributed by atoms with Gasteiger partial charge >= 0.3 is 12.0 Å². The summed E-state index contributed by atoms with van der Waals surface area (Å²) in [5, 5.41) is 8.73. The van der Waals surface area contributed by atoms with Crippen LogP contribution in [0, 0.1) is 0 Å². The molecule has 0 aliphatic rings. The van der Waals surface area contributed by atoms with Crippen LogP contribution in [-0.4, -0.2) is 58.0 Å². The Hall–Kier alpha value is -1.79. The largest absolute Gasteiger partial charge is 0.481 e. The first-order valence-corrected chi connectivity index (χ1v) is 6.16. The van der Waals surface area contributed by atoms with Crippen LogP contribution in [-0.2, 0) is 9.59 Å². The first-order chi connectivity index (χ1) is 8.59. The number of rotatable bonds is 6. The van der Waals surface area contributed by atoms with Crippen LogP contribution in [0.2, 0.25) is 0 Å². The summed E-state index contributed by atoms with van der Waals surface area (Å²) >= 11 is 0. The Morgan fingerprint density at radius 2 is 1.74 bits per heavy atom. The zero-order valence-corrected chi connectivity index (χ0v) is 12.0. The number of carboxylic acids is 1. The third kappa shape index (κ3) is 6.08. The highest BCUT2D eigenvalue weighted by Gasteiger charge is 2.30. The lowest BCUT2D eigenvalue weighted by molar-refractivity contribution is -0.137. The number of amides is 3. The molecule has 0 saturated heterocycles. The molecular formula is C12H23N3O4. The van der Waals surface area contributed by atoms with Crippen molar-refractivity contribution in [2.75, 3.05) is 19.6 Å². The maximum absolute atomic E-state index is 12.3. The lowest BCUT2D eigenvalue weighted by atomic mass is 10.1. The molecule has 0 rings (SSSR count). The number of likely N-dealkylation sites (N-methyl/N-ethyl adjacent to an activating group) is 1. The molecule has 0 aliphatic heterocycles. The van der Waals surface area contributed by atoms with Gasteiger partial charge in [-0.1, -0.05) is 0 Å². The number of nitrogens with two attached hydrogens (primary N) is 1. The molecule has 0 aromatic heterocycles. The molecule has 0 aromatic carbocycles. The molecule has 7 nitrogen and oxygen atoms in total. The number of nitrogens with zero attached hydrogens (tertiary/aromatic N) is 2. The predicted molar refractivity (Wildman–Crippen MR) is 70.5 cm³/mol. The van der Waals surface area contributed by atoms with Gasteiger partial charge in [-0.05, 0) is 27.7 Å². The lowest BCUT2D eigenvalue weighted by Gasteiger charge is -2.38. The van der Waals surface area contributed by atoms with Crippen LogP contribution in [0.4, 0.5) is 4.79 Å². The van der Waals surface area contributed by atoms with Gasteiger partial charge in [-0.2, -0.15) is 0 Å². The molecule has 0 unspecified atom stereocenters. The third-order valence-corrected chi connectivity index (χ3v) is 2.59. The summed E-state index contributed by atoms with van der Waals surface area (Å²) in [5.41, 5.74) is 4.56. The number of hydrogen-bond acceptors (Lipinski definition) is 3. The molecule has 7 heteroatoms. The third-order valence-electron chi connectivity index (χ3n) is 2.59. The van der Waals surface area contributed by atoms with E-state index in [2.05, 4.69) is 0 Å². The van der Waals surface area contributed by atoms with E-state index < -0.39 is 17.4 Å². The standard InChI is InChI=1S/C12H23N3O4/c1-5-14(8-9(13)16)11(19)15(12(2,3)4)7-6-10(17)18/h5-8H2,1-4H3,(H2,13,16)(H,17,18). The molecule has 0 bridgehead atoms. The molecule has 110 valence electrons. The van der Waals surface area contributed by atoms with Gasteiger partial charge in [0.05, 0.1) is 6.42 Å². The quantitative estimate of drug-likeness (QED) is 0.734. The van der Waals surface area contributed by atoms with Crippen molar-refractivity contribution in [3.63, 3.8) is 0 Å². The number of carboxylic acid groups (broad SMARTS) is 1. The number of primary amides is 1. The van der Waals surface area contributed by atoms with Gasteiger partial charge in [0.1, 0.15) is 6.54 Å². The van der Waals surface area contributed by atoms with Crippen molar-refractivity contribution in [2.24, 2.45) is 5.73 Å². The van der Waals surface area contributed by atoms with E-state index in [9.17, 15) is 14.4 Å². The molecule has 3 N–H and O–H groups in total. The SMILES string of the molecule is CCN(CC(N)=O)C(=O)N(CCC(=O)O)C(C)(C)C. The lowest BCUT2D eigenvalue weighted by Crippen LogP contribution is -2.54. The summed E-state index contributed by atoms with van der Waals surface area (Å²) < 4.78 is 0. The fourth-order valence-electron chi connectivity index (χ4n) is 1.60. The Balaban J connectivity index is 4.97. The summed E-state index contributed by atoms with van der Waals surface area (Å²) in [6.07, 6.45) is -0.142. The highest BCUT2D eigenvalue weighted by molar-refractivity contribution is 5.83. The van der Waals surface area contributed by atoms with Gasteiger partial charge in [-0.3, -0.25) is 9.59 Å². The highest BCUT2D eigenvalue weighted by Crippen LogP contribution is 2.16. The topological polar surface area (TPSA) is 104 Å². The fraction of sp³-hybridized carbons (Fsp3) is 0.750. The predicted octanol–water partition coefficient (Wildman–Crippen LogP) is 0.489. The van der Waals surface area contributed by atoms with Crippen molar-refractivity contribution in [3.05, 3.63) is 0 Å². The zero-order chi connectivity index (χ0) is 15.2. The molecule has 0 aliphatic carbocycles. The van der Waals surface area contributed by atoms with Crippen molar-refractivity contribution in [3.8, 4) is 0 Å². The van der Waals surface area contributed by atoms with E-state index in [0.717, 1.165) is 0 Å². The van der Waals surface area contributed by atoms with Gasteiger partial charge in [-0.25, -0.2) is 4.79 Å². The number of carbonyl (C=O) groups is 3. The smallest absolute Gasteiger partial charge is 0.320 e. The van der Waals surface area contributed by atoms with Gasteiger partial charge < -0.3 is 20.6 Å². The van der Waals surface area contributed by atoms with Crippen LogP contribution in [0.1, 0.15) is 34.1 Å². The molecule has 0 saturated carbocycles. The average Bonchev–Trinajstić information content (AvgIpc) is 2.23. The van der Waals surface area contributed by atoms with Crippen LogP contribution in [0.5, 0.6) is 0 Å². The van der Waals surface area contributed by atoms with Crippen molar-refractivity contribution >= 4 is 17.9 Å². The van der Waals surface area contributed by atoms with Gasteiger partial charge in [-0.15, -0.1) is 0 Å². The van der Waals surface area contributed by atoms with Crippen molar-refractivity contribution in [1.82, 2.24) is 9.80 Å². The van der Waals surface area contributed by atoms with Crippen LogP contribution >= 0.6 is 0 Å². The average molecular weight is 273 g/mol. The van der Waals surface area contributed by atoms with Crippen LogP contribution in [0.15, 0.2) is 0 Å². The summed E-state index contributed by atoms with van der Waals surface area (Å²) in [5.74, 6) is -1.57. The summed E-state index contributed by atoms with van der Waals surface area (Å²) in [7, 11) is 0. The van der Waals surface area contributed by atoms with E-state index in [4.69, 9.17) is 10.8 Å². The Kier molecular flexibility index (Phi) is 6.31. The molecular weight excluding hydrogens is 250 g/mol. The fourth-order valence-corrected chi connectivity index (χ4v) is 1.60. The maximum atomic E-state index is 12.3. The van der Waals surface area contributed by atoms with E-state index in [0.29, 0.717) is 6.54 Å². The van der Waals surface area contributed by atoms with E-state index in [1.54, 1.807) is 6.92 Å². The van der Waals surface area contributed by atoms with E-state index in [-0.39, 0.29) is 25.5 Å². The minimum absolute atomic E-state index is 0.0902. The molecule has 0 atom stereocenters. The Morgan fingerprint density at radius 3 is 2.05 bits per heavy atom. The molecule has 0 fully saturated rings. The second kappa shape index (κ2) is 6.96. The summed E-state index contributed by atoms with van der Waals surface area (Å²) in [6, 6.07) is -0.380. The van der Waals surface area contributed by atoms with Crippen LogP contribution < -0.4 is 5.73 Å². The highest BCUT2D eigenvalue weighted by atomic mass is 16.4. The molecule has 0 radical (unpaired) electrons. The Bertz CT molecular complexity index is 349. The number of carbonyl (C=O) groups excluding carboxylic acids is 2. The molecule has 3 amide bonds. The maximum Gasteiger partial charge on any atom is 0.320 e. The van der Waals surface area contributed by atoms with Crippen molar-refractivity contribution < 1.29 is 19.5 Å². The summed E-state index contributed by atoms with van der Waals surface area (Å²) in [6.45, 7) is 7.42. The first-order valence-electron chi connectivity index (χ1n) is 6.16. The minimum Gasteiger partial charge on any atom is -0.481 e. The van der Waals surface area contributed by atoms with Gasteiger partial charge in [0.2, 0.25) is 5.91 Å². The normalized spacial score (nSPS) is 10.9. The number of urea groups is 1. The Morgan fingerprint density at radius 1 is 1.21 bits per heavy atom. The van der Waals surface area contributed by atoms with E-state index in [1.807, 2.05) is 20.8 Å². The second-order valence-corrected chi connectivity index (χ2v) is 5.23. The van der Waals surface area contributed by atoms with Crippen LogP contribution in [0.25, 0.3) is 0 Å². The van der Waals surface area contributed by atoms with E-state index >= 15 is 0 Å². The monoisotopic (exact) mass is 273 g/mol. The van der Waals surface area contributed by atoms with Gasteiger partial charge in [0.15, 0.2) is 0 Å². The van der Waals surface area contributed by atoms with Crippen molar-refractivity contribution in [2.45, 2.75) is 39.7 Å². The Labute approximate surface area is 113 Å². The molecule has 0 heterocycles.